The van der Waals surface area contributed by atoms with E-state index in [2.05, 4.69) is 32.3 Å². The summed E-state index contributed by atoms with van der Waals surface area (Å²) in [5.41, 5.74) is 9.60. The van der Waals surface area contributed by atoms with Gasteiger partial charge in [-0.3, -0.25) is 9.67 Å². The van der Waals surface area contributed by atoms with Crippen molar-refractivity contribution in [3.63, 3.8) is 0 Å². The van der Waals surface area contributed by atoms with Crippen LogP contribution in [-0.2, 0) is 19.0 Å². The van der Waals surface area contributed by atoms with E-state index in [4.69, 9.17) is 17.3 Å². The number of nitrogens with zero attached hydrogens (tertiary/aromatic N) is 5. The van der Waals surface area contributed by atoms with Crippen LogP contribution >= 0.6 is 11.6 Å². The van der Waals surface area contributed by atoms with Crippen LogP contribution in [0.4, 0.5) is 11.8 Å². The number of aliphatic hydroxyl groups is 1. The number of fused-ring (bicyclic) bond motifs is 1. The Bertz CT molecular complexity index is 896. The molecule has 0 aromatic carbocycles. The summed E-state index contributed by atoms with van der Waals surface area (Å²) in [6.07, 6.45) is 5.43. The zero-order valence-electron chi connectivity index (χ0n) is 14.6. The Kier molecular flexibility index (Phi) is 5.85. The van der Waals surface area contributed by atoms with E-state index in [0.29, 0.717) is 29.5 Å². The van der Waals surface area contributed by atoms with Crippen molar-refractivity contribution in [2.75, 3.05) is 17.6 Å². The first-order valence-corrected chi connectivity index (χ1v) is 9.06. The van der Waals surface area contributed by atoms with E-state index in [1.54, 1.807) is 17.1 Å². The number of nitrogens with two attached hydrogens (primary N) is 1. The van der Waals surface area contributed by atoms with Gasteiger partial charge in [-0.1, -0.05) is 13.3 Å². The van der Waals surface area contributed by atoms with Gasteiger partial charge >= 0.3 is 0 Å². The number of aliphatic hydroxyl groups excluding tert-OH is 1. The highest BCUT2D eigenvalue weighted by Crippen LogP contribution is 2.23. The third-order valence-electron chi connectivity index (χ3n) is 4.07. The molecule has 138 valence electrons. The molecule has 4 N–H and O–H groups in total. The molecule has 3 rings (SSSR count). The molecule has 0 radical (unpaired) electrons. The quantitative estimate of drug-likeness (QED) is 0.408. The van der Waals surface area contributed by atoms with E-state index in [1.165, 1.54) is 0 Å². The molecule has 26 heavy (non-hydrogen) atoms. The third kappa shape index (κ3) is 3.86. The van der Waals surface area contributed by atoms with E-state index in [-0.39, 0.29) is 12.6 Å². The molecule has 0 fully saturated rings. The van der Waals surface area contributed by atoms with Crippen molar-refractivity contribution in [2.24, 2.45) is 0 Å². The lowest BCUT2D eigenvalue weighted by Gasteiger charge is -2.12. The van der Waals surface area contributed by atoms with Crippen molar-refractivity contribution in [3.8, 4) is 0 Å². The fraction of sp³-hybridized carbons (Fsp3) is 0.412. The number of hydrogen-bond donors (Lipinski definition) is 3. The van der Waals surface area contributed by atoms with Gasteiger partial charge in [0.05, 0.1) is 25.0 Å². The highest BCUT2D eigenvalue weighted by molar-refractivity contribution is 6.17. The van der Waals surface area contributed by atoms with Crippen molar-refractivity contribution in [3.05, 3.63) is 35.3 Å². The maximum Gasteiger partial charge on any atom is 0.222 e. The largest absolute Gasteiger partial charge is 0.390 e. The van der Waals surface area contributed by atoms with Crippen molar-refractivity contribution < 1.29 is 5.11 Å². The Labute approximate surface area is 156 Å². The number of anilines is 2. The zero-order valence-corrected chi connectivity index (χ0v) is 15.4. The fourth-order valence-corrected chi connectivity index (χ4v) is 2.89. The monoisotopic (exact) mass is 375 g/mol. The van der Waals surface area contributed by atoms with E-state index in [9.17, 15) is 5.11 Å². The second kappa shape index (κ2) is 8.29. The maximum atomic E-state index is 9.58. The molecule has 0 spiro atoms. The SMILES string of the molecule is CCCCNc1nc(N)nc2cnn(Cc3cc(CCl)cnc3CO)c12. The van der Waals surface area contributed by atoms with Crippen molar-refractivity contribution in [2.45, 2.75) is 38.8 Å². The summed E-state index contributed by atoms with van der Waals surface area (Å²) in [5, 5.41) is 17.3. The number of alkyl halides is 1. The second-order valence-corrected chi connectivity index (χ2v) is 6.26. The van der Waals surface area contributed by atoms with Gasteiger partial charge in [0.15, 0.2) is 5.82 Å². The molecule has 0 unspecified atom stereocenters. The lowest BCUT2D eigenvalue weighted by atomic mass is 10.1. The molecule has 0 atom stereocenters. The summed E-state index contributed by atoms with van der Waals surface area (Å²) in [7, 11) is 0. The normalized spacial score (nSPS) is 11.2. The molecular weight excluding hydrogens is 354 g/mol. The van der Waals surface area contributed by atoms with Crippen LogP contribution in [0.1, 0.15) is 36.6 Å². The molecule has 0 aliphatic heterocycles. The van der Waals surface area contributed by atoms with Crippen LogP contribution in [0.5, 0.6) is 0 Å². The predicted octanol–water partition coefficient (Wildman–Crippen LogP) is 2.29. The number of unbranched alkanes of at least 4 members (excludes halogenated alkanes) is 1. The Hall–Kier alpha value is -2.45. The van der Waals surface area contributed by atoms with Gasteiger partial charge in [-0.15, -0.1) is 11.6 Å². The third-order valence-corrected chi connectivity index (χ3v) is 4.38. The molecule has 3 aromatic rings. The number of rotatable bonds is 8. The first-order chi connectivity index (χ1) is 12.7. The molecule has 0 bridgehead atoms. The lowest BCUT2D eigenvalue weighted by molar-refractivity contribution is 0.275. The highest BCUT2D eigenvalue weighted by atomic mass is 35.5. The molecule has 0 amide bonds. The molecule has 8 nitrogen and oxygen atoms in total. The number of halogens is 1. The number of nitrogens with one attached hydrogen (secondary N) is 1. The Morgan fingerprint density at radius 1 is 1.31 bits per heavy atom. The molecular formula is C17H22ClN7O. The van der Waals surface area contributed by atoms with Gasteiger partial charge in [0.2, 0.25) is 5.95 Å². The topological polar surface area (TPSA) is 115 Å². The summed E-state index contributed by atoms with van der Waals surface area (Å²) >= 11 is 5.92. The summed E-state index contributed by atoms with van der Waals surface area (Å²) < 4.78 is 1.79. The molecule has 3 heterocycles. The minimum Gasteiger partial charge on any atom is -0.390 e. The number of pyridine rings is 1. The molecule has 0 saturated heterocycles. The summed E-state index contributed by atoms with van der Waals surface area (Å²) in [6.45, 7) is 3.19. The van der Waals surface area contributed by atoms with Gasteiger partial charge in [-0.05, 0) is 23.6 Å². The Morgan fingerprint density at radius 2 is 2.15 bits per heavy atom. The van der Waals surface area contributed by atoms with Crippen LogP contribution in [0.2, 0.25) is 0 Å². The standard InChI is InChI=1S/C17H22ClN7O/c1-2-3-4-20-16-15-13(23-17(19)24-16)8-22-25(15)9-12-5-11(6-18)7-21-14(12)10-26/h5,7-8,26H,2-4,6,9-10H2,1H3,(H3,19,20,23,24). The smallest absolute Gasteiger partial charge is 0.222 e. The number of aromatic nitrogens is 5. The van der Waals surface area contributed by atoms with Crippen LogP contribution in [0.3, 0.4) is 0 Å². The predicted molar refractivity (Wildman–Crippen MR) is 102 cm³/mol. The van der Waals surface area contributed by atoms with Gasteiger partial charge in [-0.2, -0.15) is 10.1 Å². The van der Waals surface area contributed by atoms with Crippen LogP contribution in [0.15, 0.2) is 18.5 Å². The van der Waals surface area contributed by atoms with E-state index >= 15 is 0 Å². The molecule has 0 aliphatic carbocycles. The number of hydrogen-bond acceptors (Lipinski definition) is 7. The van der Waals surface area contributed by atoms with E-state index < -0.39 is 0 Å². The van der Waals surface area contributed by atoms with Gasteiger partial charge in [0.25, 0.3) is 0 Å². The zero-order chi connectivity index (χ0) is 18.5. The van der Waals surface area contributed by atoms with Crippen LogP contribution in [-0.4, -0.2) is 36.4 Å². The average Bonchev–Trinajstić information content (AvgIpc) is 3.04. The first-order valence-electron chi connectivity index (χ1n) is 8.52. The van der Waals surface area contributed by atoms with Crippen LogP contribution in [0, 0.1) is 0 Å². The second-order valence-electron chi connectivity index (χ2n) is 5.99. The van der Waals surface area contributed by atoms with Crippen LogP contribution in [0.25, 0.3) is 11.0 Å². The van der Waals surface area contributed by atoms with Gasteiger partial charge in [0.1, 0.15) is 11.0 Å². The molecule has 9 heteroatoms. The van der Waals surface area contributed by atoms with Crippen molar-refractivity contribution >= 4 is 34.4 Å². The van der Waals surface area contributed by atoms with Gasteiger partial charge in [0, 0.05) is 18.6 Å². The Morgan fingerprint density at radius 3 is 2.88 bits per heavy atom. The summed E-state index contributed by atoms with van der Waals surface area (Å²) in [4.78, 5) is 12.9. The summed E-state index contributed by atoms with van der Waals surface area (Å²) in [5.74, 6) is 1.22. The Balaban J connectivity index is 2.00. The summed E-state index contributed by atoms with van der Waals surface area (Å²) in [6, 6.07) is 1.93. The van der Waals surface area contributed by atoms with Gasteiger partial charge < -0.3 is 16.2 Å². The van der Waals surface area contributed by atoms with Crippen LogP contribution < -0.4 is 11.1 Å². The maximum absolute atomic E-state index is 9.58. The minimum absolute atomic E-state index is 0.151. The van der Waals surface area contributed by atoms with Crippen molar-refractivity contribution in [1.29, 1.82) is 0 Å². The van der Waals surface area contributed by atoms with E-state index in [1.807, 2.05) is 6.07 Å². The fourth-order valence-electron chi connectivity index (χ4n) is 2.75. The molecule has 0 saturated carbocycles. The van der Waals surface area contributed by atoms with E-state index in [0.717, 1.165) is 36.0 Å². The average molecular weight is 376 g/mol. The molecule has 3 aromatic heterocycles. The lowest BCUT2D eigenvalue weighted by Crippen LogP contribution is -2.11. The van der Waals surface area contributed by atoms with Crippen molar-refractivity contribution in [1.82, 2.24) is 24.7 Å². The first kappa shape index (κ1) is 18.3. The molecule has 0 aliphatic rings. The highest BCUT2D eigenvalue weighted by Gasteiger charge is 2.14. The van der Waals surface area contributed by atoms with Gasteiger partial charge in [-0.25, -0.2) is 4.98 Å². The number of nitrogen functional groups attached to an aromatic ring is 1. The minimum atomic E-state index is -0.151.